The summed E-state index contributed by atoms with van der Waals surface area (Å²) in [6, 6.07) is 5.16. The Morgan fingerprint density at radius 1 is 1.56 bits per heavy atom. The van der Waals surface area contributed by atoms with Crippen LogP contribution in [0.5, 0.6) is 0 Å². The first kappa shape index (κ1) is 12.9. The number of aromatic carboxylic acids is 1. The number of fused-ring (bicyclic) bond motifs is 1. The molecule has 5 nitrogen and oxygen atoms in total. The van der Waals surface area contributed by atoms with Gasteiger partial charge >= 0.3 is 5.97 Å². The second kappa shape index (κ2) is 5.37. The van der Waals surface area contributed by atoms with Crippen LogP contribution in [0.15, 0.2) is 18.2 Å². The normalized spacial score (nSPS) is 11.0. The number of carboxylic acids is 1. The quantitative estimate of drug-likeness (QED) is 0.641. The van der Waals surface area contributed by atoms with Crippen molar-refractivity contribution in [1.29, 1.82) is 0 Å². The highest BCUT2D eigenvalue weighted by Crippen LogP contribution is 2.20. The molecule has 0 fully saturated rings. The molecule has 18 heavy (non-hydrogen) atoms. The highest BCUT2D eigenvalue weighted by molar-refractivity contribution is 6.29. The van der Waals surface area contributed by atoms with Gasteiger partial charge in [0.1, 0.15) is 11.0 Å². The van der Waals surface area contributed by atoms with Crippen LogP contribution in [0.25, 0.3) is 5.52 Å². The number of hydrogen-bond donors (Lipinski definition) is 2. The summed E-state index contributed by atoms with van der Waals surface area (Å²) in [7, 11) is 1.87. The lowest BCUT2D eigenvalue weighted by Crippen LogP contribution is -2.09. The summed E-state index contributed by atoms with van der Waals surface area (Å²) >= 11 is 6.11. The summed E-state index contributed by atoms with van der Waals surface area (Å²) in [6.07, 6.45) is 1.55. The van der Waals surface area contributed by atoms with Crippen molar-refractivity contribution in [3.8, 4) is 0 Å². The number of nitrogens with zero attached hydrogens (tertiary/aromatic N) is 2. The second-order valence-corrected chi connectivity index (χ2v) is 4.35. The van der Waals surface area contributed by atoms with Crippen molar-refractivity contribution in [3.05, 3.63) is 34.9 Å². The molecule has 0 aromatic carbocycles. The second-order valence-electron chi connectivity index (χ2n) is 3.96. The molecular weight excluding hydrogens is 254 g/mol. The van der Waals surface area contributed by atoms with E-state index in [1.165, 1.54) is 0 Å². The van der Waals surface area contributed by atoms with E-state index in [1.807, 2.05) is 7.05 Å². The van der Waals surface area contributed by atoms with Crippen LogP contribution < -0.4 is 5.32 Å². The molecule has 2 N–H and O–H groups in total. The third-order valence-corrected chi connectivity index (χ3v) is 3.01. The molecule has 0 bridgehead atoms. The standard InChI is InChI=1S/C12H14ClN3O2/c1-14-7-3-6-10-15-11(12(17)18)8-4-2-5-9(13)16(8)10/h2,4-5,14H,3,6-7H2,1H3,(H,17,18). The molecule has 0 aliphatic heterocycles. The van der Waals surface area contributed by atoms with Crippen molar-refractivity contribution in [2.75, 3.05) is 13.6 Å². The highest BCUT2D eigenvalue weighted by Gasteiger charge is 2.17. The zero-order valence-corrected chi connectivity index (χ0v) is 10.7. The van der Waals surface area contributed by atoms with Crippen LogP contribution in [0.1, 0.15) is 22.7 Å². The first-order chi connectivity index (χ1) is 8.65. The van der Waals surface area contributed by atoms with Crippen LogP contribution in [0.4, 0.5) is 0 Å². The van der Waals surface area contributed by atoms with Crippen molar-refractivity contribution >= 4 is 23.1 Å². The highest BCUT2D eigenvalue weighted by atomic mass is 35.5. The van der Waals surface area contributed by atoms with Gasteiger partial charge in [-0.15, -0.1) is 0 Å². The predicted octanol–water partition coefficient (Wildman–Crippen LogP) is 1.84. The van der Waals surface area contributed by atoms with Gasteiger partial charge in [0.2, 0.25) is 0 Å². The third-order valence-electron chi connectivity index (χ3n) is 2.71. The van der Waals surface area contributed by atoms with Gasteiger partial charge in [0.15, 0.2) is 5.69 Å². The molecule has 0 aliphatic rings. The smallest absolute Gasteiger partial charge is 0.356 e. The summed E-state index contributed by atoms with van der Waals surface area (Å²) in [5.41, 5.74) is 0.589. The fraction of sp³-hybridized carbons (Fsp3) is 0.333. The molecule has 0 amide bonds. The van der Waals surface area contributed by atoms with Crippen LogP contribution in [-0.4, -0.2) is 34.1 Å². The van der Waals surface area contributed by atoms with Crippen molar-refractivity contribution in [3.63, 3.8) is 0 Å². The Morgan fingerprint density at radius 3 is 3.00 bits per heavy atom. The van der Waals surface area contributed by atoms with Crippen LogP contribution in [0.3, 0.4) is 0 Å². The molecule has 2 rings (SSSR count). The average Bonchev–Trinajstić information content (AvgIpc) is 2.70. The Labute approximate surface area is 109 Å². The topological polar surface area (TPSA) is 66.6 Å². The Bertz CT molecular complexity index is 580. The van der Waals surface area contributed by atoms with E-state index in [4.69, 9.17) is 16.7 Å². The number of carboxylic acid groups (broad SMARTS) is 1. The van der Waals surface area contributed by atoms with Crippen molar-refractivity contribution in [2.24, 2.45) is 0 Å². The van der Waals surface area contributed by atoms with Crippen LogP contribution >= 0.6 is 11.6 Å². The lowest BCUT2D eigenvalue weighted by atomic mass is 10.3. The van der Waals surface area contributed by atoms with E-state index in [2.05, 4.69) is 10.3 Å². The number of hydrogen-bond acceptors (Lipinski definition) is 3. The first-order valence-electron chi connectivity index (χ1n) is 5.69. The molecule has 2 aromatic heterocycles. The molecule has 0 saturated carbocycles. The number of rotatable bonds is 5. The number of aromatic nitrogens is 2. The minimum Gasteiger partial charge on any atom is -0.476 e. The van der Waals surface area contributed by atoms with Gasteiger partial charge in [-0.2, -0.15) is 0 Å². The number of pyridine rings is 1. The maximum absolute atomic E-state index is 11.1. The molecule has 0 atom stereocenters. The molecule has 0 radical (unpaired) electrons. The van der Waals surface area contributed by atoms with Gasteiger partial charge in [-0.1, -0.05) is 17.7 Å². The Hall–Kier alpha value is -1.59. The Morgan fingerprint density at radius 2 is 2.33 bits per heavy atom. The SMILES string of the molecule is CNCCCc1nc(C(=O)O)c2cccc(Cl)n12. The molecule has 0 unspecified atom stereocenters. The summed E-state index contributed by atoms with van der Waals surface area (Å²) in [5.74, 6) is -0.349. The van der Waals surface area contributed by atoms with Crippen molar-refractivity contribution < 1.29 is 9.90 Å². The monoisotopic (exact) mass is 267 g/mol. The van der Waals surface area contributed by atoms with E-state index in [0.29, 0.717) is 22.9 Å². The third kappa shape index (κ3) is 2.32. The molecule has 0 saturated heterocycles. The van der Waals surface area contributed by atoms with E-state index in [-0.39, 0.29) is 5.69 Å². The molecule has 2 heterocycles. The van der Waals surface area contributed by atoms with Crippen molar-refractivity contribution in [1.82, 2.24) is 14.7 Å². The first-order valence-corrected chi connectivity index (χ1v) is 6.06. The Kier molecular flexibility index (Phi) is 3.84. The minimum absolute atomic E-state index is 0.0527. The lowest BCUT2D eigenvalue weighted by Gasteiger charge is -2.03. The maximum atomic E-state index is 11.1. The molecular formula is C12H14ClN3O2. The Balaban J connectivity index is 2.48. The van der Waals surface area contributed by atoms with Gasteiger partial charge in [0.25, 0.3) is 0 Å². The van der Waals surface area contributed by atoms with Crippen molar-refractivity contribution in [2.45, 2.75) is 12.8 Å². The van der Waals surface area contributed by atoms with E-state index in [9.17, 15) is 4.79 Å². The van der Waals surface area contributed by atoms with E-state index >= 15 is 0 Å². The molecule has 96 valence electrons. The van der Waals surface area contributed by atoms with Gasteiger partial charge in [-0.3, -0.25) is 4.40 Å². The number of nitrogens with one attached hydrogen (secondary N) is 1. The summed E-state index contributed by atoms with van der Waals surface area (Å²) in [6.45, 7) is 0.849. The summed E-state index contributed by atoms with van der Waals surface area (Å²) in [5, 5.41) is 12.6. The maximum Gasteiger partial charge on any atom is 0.356 e. The number of aryl methyl sites for hydroxylation is 1. The number of imidazole rings is 1. The summed E-state index contributed by atoms with van der Waals surface area (Å²) in [4.78, 5) is 15.3. The van der Waals surface area contributed by atoms with Crippen LogP contribution in [-0.2, 0) is 6.42 Å². The van der Waals surface area contributed by atoms with Gasteiger partial charge in [0, 0.05) is 6.42 Å². The van der Waals surface area contributed by atoms with Gasteiger partial charge in [-0.25, -0.2) is 9.78 Å². The number of carbonyl (C=O) groups is 1. The van der Waals surface area contributed by atoms with E-state index < -0.39 is 5.97 Å². The number of halogens is 1. The van der Waals surface area contributed by atoms with Gasteiger partial charge < -0.3 is 10.4 Å². The van der Waals surface area contributed by atoms with Crippen LogP contribution in [0.2, 0.25) is 5.15 Å². The lowest BCUT2D eigenvalue weighted by molar-refractivity contribution is 0.0693. The minimum atomic E-state index is -1.03. The average molecular weight is 268 g/mol. The zero-order valence-electron chi connectivity index (χ0n) is 9.98. The largest absolute Gasteiger partial charge is 0.476 e. The molecule has 6 heteroatoms. The van der Waals surface area contributed by atoms with Gasteiger partial charge in [0.05, 0.1) is 5.52 Å². The predicted molar refractivity (Wildman–Crippen MR) is 69.4 cm³/mol. The summed E-state index contributed by atoms with van der Waals surface area (Å²) < 4.78 is 1.70. The fourth-order valence-corrected chi connectivity index (χ4v) is 2.18. The van der Waals surface area contributed by atoms with E-state index in [1.54, 1.807) is 22.6 Å². The fourth-order valence-electron chi connectivity index (χ4n) is 1.91. The molecule has 2 aromatic rings. The van der Waals surface area contributed by atoms with E-state index in [0.717, 1.165) is 13.0 Å². The molecule has 0 spiro atoms. The molecule has 0 aliphatic carbocycles. The van der Waals surface area contributed by atoms with Gasteiger partial charge in [-0.05, 0) is 32.1 Å². The zero-order chi connectivity index (χ0) is 13.1. The van der Waals surface area contributed by atoms with Crippen LogP contribution in [0, 0.1) is 0 Å².